The van der Waals surface area contributed by atoms with Crippen LogP contribution in [0.25, 0.3) is 0 Å². The first kappa shape index (κ1) is 10.1. The summed E-state index contributed by atoms with van der Waals surface area (Å²) in [5, 5.41) is 3.33. The lowest BCUT2D eigenvalue weighted by Crippen LogP contribution is -2.14. The SMILES string of the molecule is O=C1Cc2ccccc2CNc2ccccc21. The molecule has 0 aliphatic carbocycles. The molecule has 2 aromatic carbocycles. The van der Waals surface area contributed by atoms with Gasteiger partial charge in [0.15, 0.2) is 5.78 Å². The van der Waals surface area contributed by atoms with E-state index in [1.165, 1.54) is 5.56 Å². The van der Waals surface area contributed by atoms with Gasteiger partial charge < -0.3 is 5.32 Å². The number of rotatable bonds is 0. The van der Waals surface area contributed by atoms with Gasteiger partial charge in [0.1, 0.15) is 0 Å². The minimum atomic E-state index is 0.181. The molecule has 0 amide bonds. The van der Waals surface area contributed by atoms with Crippen molar-refractivity contribution in [1.82, 2.24) is 0 Å². The molecule has 17 heavy (non-hydrogen) atoms. The summed E-state index contributed by atoms with van der Waals surface area (Å²) in [6, 6.07) is 15.8. The lowest BCUT2D eigenvalue weighted by atomic mass is 9.95. The van der Waals surface area contributed by atoms with Crippen LogP contribution >= 0.6 is 0 Å². The summed E-state index contributed by atoms with van der Waals surface area (Å²) in [6.07, 6.45) is 0.495. The molecule has 0 fully saturated rings. The molecule has 1 aliphatic heterocycles. The van der Waals surface area contributed by atoms with Gasteiger partial charge in [-0.15, -0.1) is 0 Å². The zero-order valence-electron chi connectivity index (χ0n) is 9.44. The Morgan fingerprint density at radius 3 is 2.47 bits per heavy atom. The predicted octanol–water partition coefficient (Wildman–Crippen LogP) is 3.04. The van der Waals surface area contributed by atoms with Crippen LogP contribution < -0.4 is 5.32 Å². The number of anilines is 1. The second-order valence-electron chi connectivity index (χ2n) is 4.27. The average Bonchev–Trinajstić information content (AvgIpc) is 2.36. The van der Waals surface area contributed by atoms with E-state index in [4.69, 9.17) is 0 Å². The monoisotopic (exact) mass is 223 g/mol. The van der Waals surface area contributed by atoms with Crippen molar-refractivity contribution in [2.45, 2.75) is 13.0 Å². The molecule has 1 aliphatic rings. The molecule has 3 rings (SSSR count). The van der Waals surface area contributed by atoms with Crippen LogP contribution in [0.4, 0.5) is 5.69 Å². The number of ketones is 1. The normalized spacial score (nSPS) is 14.0. The minimum absolute atomic E-state index is 0.181. The van der Waals surface area contributed by atoms with E-state index in [0.717, 1.165) is 23.4 Å². The molecule has 0 atom stereocenters. The Kier molecular flexibility index (Phi) is 2.41. The van der Waals surface area contributed by atoms with Crippen LogP contribution in [-0.4, -0.2) is 5.78 Å². The summed E-state index contributed by atoms with van der Waals surface area (Å²) in [5.41, 5.74) is 4.06. The number of hydrogen-bond acceptors (Lipinski definition) is 2. The van der Waals surface area contributed by atoms with Crippen LogP contribution in [0.3, 0.4) is 0 Å². The Morgan fingerprint density at radius 2 is 1.59 bits per heavy atom. The van der Waals surface area contributed by atoms with Gasteiger partial charge in [0.2, 0.25) is 0 Å². The first-order valence-corrected chi connectivity index (χ1v) is 5.77. The van der Waals surface area contributed by atoms with Gasteiger partial charge in [-0.3, -0.25) is 4.79 Å². The standard InChI is InChI=1S/C15H13NO/c17-15-9-11-5-1-2-6-12(11)10-16-14-8-4-3-7-13(14)15/h1-8,16H,9-10H2. The van der Waals surface area contributed by atoms with Gasteiger partial charge in [-0.05, 0) is 23.3 Å². The highest BCUT2D eigenvalue weighted by atomic mass is 16.1. The van der Waals surface area contributed by atoms with Crippen LogP contribution in [-0.2, 0) is 13.0 Å². The highest BCUT2D eigenvalue weighted by molar-refractivity contribution is 6.02. The largest absolute Gasteiger partial charge is 0.380 e. The zero-order chi connectivity index (χ0) is 11.7. The summed E-state index contributed by atoms with van der Waals surface area (Å²) in [5.74, 6) is 0.181. The minimum Gasteiger partial charge on any atom is -0.380 e. The van der Waals surface area contributed by atoms with E-state index in [1.807, 2.05) is 42.5 Å². The van der Waals surface area contributed by atoms with Crippen LogP contribution in [0.1, 0.15) is 21.5 Å². The molecule has 0 aromatic heterocycles. The summed E-state index contributed by atoms with van der Waals surface area (Å²) in [7, 11) is 0. The van der Waals surface area contributed by atoms with E-state index in [1.54, 1.807) is 0 Å². The predicted molar refractivity (Wildman–Crippen MR) is 68.2 cm³/mol. The van der Waals surface area contributed by atoms with Crippen LogP contribution in [0, 0.1) is 0 Å². The topological polar surface area (TPSA) is 29.1 Å². The second-order valence-corrected chi connectivity index (χ2v) is 4.27. The smallest absolute Gasteiger partial charge is 0.169 e. The first-order valence-electron chi connectivity index (χ1n) is 5.77. The number of hydrogen-bond donors (Lipinski definition) is 1. The average molecular weight is 223 g/mol. The van der Waals surface area contributed by atoms with Crippen molar-refractivity contribution in [3.05, 3.63) is 65.2 Å². The van der Waals surface area contributed by atoms with E-state index < -0.39 is 0 Å². The van der Waals surface area contributed by atoms with Gasteiger partial charge in [-0.1, -0.05) is 36.4 Å². The fourth-order valence-electron chi connectivity index (χ4n) is 2.24. The molecule has 0 saturated heterocycles. The maximum absolute atomic E-state index is 12.2. The third-order valence-corrected chi connectivity index (χ3v) is 3.17. The van der Waals surface area contributed by atoms with Crippen molar-refractivity contribution in [3.8, 4) is 0 Å². The molecular formula is C15H13NO. The van der Waals surface area contributed by atoms with Crippen molar-refractivity contribution in [1.29, 1.82) is 0 Å². The Bertz CT molecular complexity index is 575. The van der Waals surface area contributed by atoms with Crippen molar-refractivity contribution >= 4 is 11.5 Å². The maximum Gasteiger partial charge on any atom is 0.169 e. The van der Waals surface area contributed by atoms with Crippen molar-refractivity contribution in [3.63, 3.8) is 0 Å². The maximum atomic E-state index is 12.2. The third-order valence-electron chi connectivity index (χ3n) is 3.17. The molecule has 0 spiro atoms. The highest BCUT2D eigenvalue weighted by Gasteiger charge is 2.16. The summed E-state index contributed by atoms with van der Waals surface area (Å²) >= 11 is 0. The van der Waals surface area contributed by atoms with Crippen LogP contribution in [0.2, 0.25) is 0 Å². The molecule has 0 bridgehead atoms. The van der Waals surface area contributed by atoms with Gasteiger partial charge in [0.25, 0.3) is 0 Å². The summed E-state index contributed by atoms with van der Waals surface area (Å²) in [4.78, 5) is 12.2. The highest BCUT2D eigenvalue weighted by Crippen LogP contribution is 2.23. The van der Waals surface area contributed by atoms with Crippen LogP contribution in [0.15, 0.2) is 48.5 Å². The summed E-state index contributed by atoms with van der Waals surface area (Å²) in [6.45, 7) is 0.778. The first-order chi connectivity index (χ1) is 8.34. The van der Waals surface area contributed by atoms with Gasteiger partial charge >= 0.3 is 0 Å². The van der Waals surface area contributed by atoms with E-state index in [2.05, 4.69) is 11.4 Å². The Labute approximate surface area is 100 Å². The molecule has 2 aromatic rings. The van der Waals surface area contributed by atoms with E-state index in [9.17, 15) is 4.79 Å². The van der Waals surface area contributed by atoms with Gasteiger partial charge in [-0.2, -0.15) is 0 Å². The molecule has 2 nitrogen and oxygen atoms in total. The van der Waals surface area contributed by atoms with Crippen molar-refractivity contribution in [2.75, 3.05) is 5.32 Å². The van der Waals surface area contributed by atoms with Gasteiger partial charge in [0, 0.05) is 24.2 Å². The zero-order valence-corrected chi connectivity index (χ0v) is 9.44. The lowest BCUT2D eigenvalue weighted by Gasteiger charge is -2.17. The molecule has 84 valence electrons. The fourth-order valence-corrected chi connectivity index (χ4v) is 2.24. The Balaban J connectivity index is 2.06. The van der Waals surface area contributed by atoms with E-state index >= 15 is 0 Å². The summed E-state index contributed by atoms with van der Waals surface area (Å²) < 4.78 is 0. The molecular weight excluding hydrogens is 210 g/mol. The number of para-hydroxylation sites is 1. The number of carbonyl (C=O) groups is 1. The quantitative estimate of drug-likeness (QED) is 0.743. The number of fused-ring (bicyclic) bond motifs is 2. The van der Waals surface area contributed by atoms with Gasteiger partial charge in [0.05, 0.1) is 0 Å². The fraction of sp³-hybridized carbons (Fsp3) is 0.133. The second kappa shape index (κ2) is 4.06. The molecule has 0 unspecified atom stereocenters. The third kappa shape index (κ3) is 1.82. The van der Waals surface area contributed by atoms with E-state index in [-0.39, 0.29) is 5.78 Å². The molecule has 0 radical (unpaired) electrons. The number of nitrogens with one attached hydrogen (secondary N) is 1. The van der Waals surface area contributed by atoms with Crippen molar-refractivity contribution in [2.24, 2.45) is 0 Å². The van der Waals surface area contributed by atoms with Crippen LogP contribution in [0.5, 0.6) is 0 Å². The Hall–Kier alpha value is -2.09. The number of Topliss-reactive ketones (excluding diaryl/α,β-unsaturated/α-hetero) is 1. The molecule has 0 saturated carbocycles. The molecule has 2 heteroatoms. The Morgan fingerprint density at radius 1 is 0.882 bits per heavy atom. The van der Waals surface area contributed by atoms with Crippen molar-refractivity contribution < 1.29 is 4.79 Å². The number of benzene rings is 2. The lowest BCUT2D eigenvalue weighted by molar-refractivity contribution is 0.0993. The van der Waals surface area contributed by atoms with E-state index in [0.29, 0.717) is 6.42 Å². The number of carbonyl (C=O) groups excluding carboxylic acids is 1. The molecule has 1 N–H and O–H groups in total. The molecule has 1 heterocycles. The van der Waals surface area contributed by atoms with Gasteiger partial charge in [-0.25, -0.2) is 0 Å².